The van der Waals surface area contributed by atoms with Gasteiger partial charge in [-0.05, 0) is 67.4 Å². The van der Waals surface area contributed by atoms with Crippen LogP contribution in [0.15, 0.2) is 42.5 Å². The van der Waals surface area contributed by atoms with Crippen LogP contribution in [-0.4, -0.2) is 36.3 Å². The van der Waals surface area contributed by atoms with Gasteiger partial charge in [-0.3, -0.25) is 9.89 Å². The highest BCUT2D eigenvalue weighted by atomic mass is 16.1. The number of H-pyrrole nitrogens is 1. The first kappa shape index (κ1) is 21.4. The minimum atomic E-state index is -0.188. The van der Waals surface area contributed by atoms with Crippen molar-refractivity contribution < 1.29 is 4.79 Å². The van der Waals surface area contributed by atoms with Crippen molar-refractivity contribution in [2.45, 2.75) is 47.1 Å². The molecule has 8 heteroatoms. The fourth-order valence-electron chi connectivity index (χ4n) is 3.95. The average molecular weight is 430 g/mol. The van der Waals surface area contributed by atoms with Gasteiger partial charge in [0.1, 0.15) is 0 Å². The number of hydrogen-bond donors (Lipinski definition) is 2. The van der Waals surface area contributed by atoms with Crippen LogP contribution >= 0.6 is 0 Å². The van der Waals surface area contributed by atoms with Gasteiger partial charge in [-0.2, -0.15) is 9.78 Å². The lowest BCUT2D eigenvalue weighted by molar-refractivity contribution is 0.0939. The van der Waals surface area contributed by atoms with Crippen LogP contribution in [0.5, 0.6) is 0 Å². The fourth-order valence-corrected chi connectivity index (χ4v) is 3.95. The largest absolute Gasteiger partial charge is 0.345 e. The lowest BCUT2D eigenvalue weighted by atomic mass is 10.00. The monoisotopic (exact) mass is 429 g/mol. The van der Waals surface area contributed by atoms with Crippen LogP contribution in [0.25, 0.3) is 16.8 Å². The molecule has 8 nitrogen and oxygen atoms in total. The van der Waals surface area contributed by atoms with Crippen molar-refractivity contribution >= 4 is 5.91 Å². The van der Waals surface area contributed by atoms with E-state index in [1.165, 1.54) is 5.56 Å². The van der Waals surface area contributed by atoms with E-state index < -0.39 is 0 Å². The quantitative estimate of drug-likeness (QED) is 0.482. The first-order valence-electron chi connectivity index (χ1n) is 10.7. The number of aryl methyl sites for hydroxylation is 4. The lowest BCUT2D eigenvalue weighted by Gasteiger charge is -2.16. The second kappa shape index (κ2) is 8.74. The van der Waals surface area contributed by atoms with E-state index in [4.69, 9.17) is 0 Å². The second-order valence-electron chi connectivity index (χ2n) is 8.04. The molecule has 0 aliphatic heterocycles. The zero-order chi connectivity index (χ0) is 22.8. The normalized spacial score (nSPS) is 12.0. The van der Waals surface area contributed by atoms with E-state index in [0.717, 1.165) is 39.6 Å². The highest BCUT2D eigenvalue weighted by molar-refractivity contribution is 5.96. The van der Waals surface area contributed by atoms with Crippen molar-refractivity contribution in [3.8, 4) is 16.8 Å². The maximum Gasteiger partial charge on any atom is 0.251 e. The molecule has 1 amide bonds. The van der Waals surface area contributed by atoms with Crippen LogP contribution in [0.3, 0.4) is 0 Å². The number of aromatic amines is 1. The summed E-state index contributed by atoms with van der Waals surface area (Å²) in [5, 5.41) is 22.4. The summed E-state index contributed by atoms with van der Waals surface area (Å²) in [6.45, 7) is 9.90. The molecule has 0 saturated heterocycles. The average Bonchev–Trinajstić information content (AvgIpc) is 3.39. The Morgan fingerprint density at radius 1 is 1.09 bits per heavy atom. The van der Waals surface area contributed by atoms with E-state index in [0.29, 0.717) is 12.0 Å². The third-order valence-corrected chi connectivity index (χ3v) is 5.63. The minimum Gasteiger partial charge on any atom is -0.345 e. The summed E-state index contributed by atoms with van der Waals surface area (Å²) in [5.74, 6) is 0.564. The zero-order valence-electron chi connectivity index (χ0n) is 19.0. The predicted molar refractivity (Wildman–Crippen MR) is 123 cm³/mol. The number of rotatable bonds is 6. The van der Waals surface area contributed by atoms with E-state index in [1.54, 1.807) is 4.68 Å². The molecule has 2 aromatic carbocycles. The van der Waals surface area contributed by atoms with Gasteiger partial charge >= 0.3 is 0 Å². The van der Waals surface area contributed by atoms with Crippen molar-refractivity contribution in [3.05, 3.63) is 76.4 Å². The van der Waals surface area contributed by atoms with Gasteiger partial charge in [0.05, 0.1) is 17.4 Å². The number of carbonyl (C=O) groups excluding carboxylic acids is 1. The predicted octanol–water partition coefficient (Wildman–Crippen LogP) is 4.03. The molecule has 1 atom stereocenters. The summed E-state index contributed by atoms with van der Waals surface area (Å²) in [6.07, 6.45) is 0.680. The molecule has 0 aliphatic carbocycles. The van der Waals surface area contributed by atoms with E-state index >= 15 is 0 Å². The SMILES string of the molecule is CCc1nnnn1-c1cc(C(=O)NC(C)c2c(C)n[nH]c2C)cc(-c2ccc(C)cc2)c1. The van der Waals surface area contributed by atoms with Crippen LogP contribution in [0.1, 0.15) is 58.6 Å². The fraction of sp³-hybridized carbons (Fsp3) is 0.292. The number of amides is 1. The Kier molecular flexibility index (Phi) is 5.85. The molecule has 0 aliphatic rings. The topological polar surface area (TPSA) is 101 Å². The Labute approximate surface area is 187 Å². The van der Waals surface area contributed by atoms with Crippen molar-refractivity contribution in [2.75, 3.05) is 0 Å². The molecule has 0 radical (unpaired) electrons. The maximum atomic E-state index is 13.3. The van der Waals surface area contributed by atoms with Crippen LogP contribution in [0.4, 0.5) is 0 Å². The van der Waals surface area contributed by atoms with Gasteiger partial charge in [0.15, 0.2) is 5.82 Å². The molecule has 4 aromatic rings. The molecular formula is C24H27N7O. The molecular weight excluding hydrogens is 402 g/mol. The molecule has 32 heavy (non-hydrogen) atoms. The molecule has 2 N–H and O–H groups in total. The summed E-state index contributed by atoms with van der Waals surface area (Å²) in [5.41, 5.74) is 7.25. The van der Waals surface area contributed by atoms with Gasteiger partial charge < -0.3 is 5.32 Å². The number of aromatic nitrogens is 6. The summed E-state index contributed by atoms with van der Waals surface area (Å²) < 4.78 is 1.68. The standard InChI is InChI=1S/C24H27N7O/c1-6-22-28-29-30-31(22)21-12-19(18-9-7-14(2)8-10-18)11-20(13-21)24(32)25-15(3)23-16(4)26-27-17(23)5/h7-13,15H,6H2,1-5H3,(H,25,32)(H,26,27). The Balaban J connectivity index is 1.75. The maximum absolute atomic E-state index is 13.3. The lowest BCUT2D eigenvalue weighted by Crippen LogP contribution is -2.27. The van der Waals surface area contributed by atoms with Gasteiger partial charge in [-0.15, -0.1) is 5.10 Å². The summed E-state index contributed by atoms with van der Waals surface area (Å²) in [7, 11) is 0. The zero-order valence-corrected chi connectivity index (χ0v) is 19.0. The van der Waals surface area contributed by atoms with Crippen LogP contribution < -0.4 is 5.32 Å². The van der Waals surface area contributed by atoms with Gasteiger partial charge in [0.2, 0.25) is 0 Å². The van der Waals surface area contributed by atoms with Crippen LogP contribution in [-0.2, 0) is 6.42 Å². The molecule has 0 fully saturated rings. The molecule has 0 bridgehead atoms. The summed E-state index contributed by atoms with van der Waals surface area (Å²) >= 11 is 0. The van der Waals surface area contributed by atoms with Crippen molar-refractivity contribution in [3.63, 3.8) is 0 Å². The third-order valence-electron chi connectivity index (χ3n) is 5.63. The Morgan fingerprint density at radius 2 is 1.84 bits per heavy atom. The summed E-state index contributed by atoms with van der Waals surface area (Å²) in [6, 6.07) is 13.8. The molecule has 2 heterocycles. The molecule has 164 valence electrons. The Hall–Kier alpha value is -3.81. The molecule has 0 saturated carbocycles. The molecule has 2 aromatic heterocycles. The Bertz CT molecular complexity index is 1230. The second-order valence-corrected chi connectivity index (χ2v) is 8.04. The highest BCUT2D eigenvalue weighted by Gasteiger charge is 2.19. The number of benzene rings is 2. The highest BCUT2D eigenvalue weighted by Crippen LogP contribution is 2.26. The number of carbonyl (C=O) groups is 1. The van der Waals surface area contributed by atoms with Gasteiger partial charge in [0, 0.05) is 23.2 Å². The minimum absolute atomic E-state index is 0.168. The Morgan fingerprint density at radius 3 is 2.50 bits per heavy atom. The van der Waals surface area contributed by atoms with Gasteiger partial charge in [0.25, 0.3) is 5.91 Å². The van der Waals surface area contributed by atoms with E-state index in [1.807, 2.05) is 45.9 Å². The van der Waals surface area contributed by atoms with Gasteiger partial charge in [-0.1, -0.05) is 36.8 Å². The number of nitrogens with one attached hydrogen (secondary N) is 2. The van der Waals surface area contributed by atoms with Crippen LogP contribution in [0.2, 0.25) is 0 Å². The molecule has 0 spiro atoms. The summed E-state index contributed by atoms with van der Waals surface area (Å²) in [4.78, 5) is 13.3. The van der Waals surface area contributed by atoms with E-state index in [2.05, 4.69) is 62.2 Å². The third kappa shape index (κ3) is 4.16. The van der Waals surface area contributed by atoms with Crippen molar-refractivity contribution in [2.24, 2.45) is 0 Å². The molecule has 1 unspecified atom stereocenters. The first-order chi connectivity index (χ1) is 15.4. The first-order valence-corrected chi connectivity index (χ1v) is 10.7. The number of hydrogen-bond acceptors (Lipinski definition) is 5. The van der Waals surface area contributed by atoms with Crippen molar-refractivity contribution in [1.82, 2.24) is 35.7 Å². The van der Waals surface area contributed by atoms with Crippen molar-refractivity contribution in [1.29, 1.82) is 0 Å². The van der Waals surface area contributed by atoms with E-state index in [-0.39, 0.29) is 11.9 Å². The number of tetrazole rings is 1. The molecule has 4 rings (SSSR count). The van der Waals surface area contributed by atoms with Crippen LogP contribution in [0, 0.1) is 20.8 Å². The van der Waals surface area contributed by atoms with Gasteiger partial charge in [-0.25, -0.2) is 0 Å². The smallest absolute Gasteiger partial charge is 0.251 e. The number of nitrogens with zero attached hydrogens (tertiary/aromatic N) is 5. The van der Waals surface area contributed by atoms with E-state index in [9.17, 15) is 4.79 Å².